The molecule has 7 heteroatoms. The number of hydrogen-bond donors (Lipinski definition) is 0. The minimum absolute atomic E-state index is 0.708. The molecule has 4 rings (SSSR count). The zero-order valence-corrected chi connectivity index (χ0v) is 16.5. The molecule has 0 saturated carbocycles. The molecule has 1 fully saturated rings. The molecule has 0 unspecified atom stereocenters. The molecular weight excluding hydrogens is 352 g/mol. The number of para-hydroxylation sites is 1. The summed E-state index contributed by atoms with van der Waals surface area (Å²) in [6.45, 7) is 9.56. The molecule has 1 aliphatic rings. The molecule has 7 nitrogen and oxygen atoms in total. The van der Waals surface area contributed by atoms with Crippen molar-refractivity contribution in [2.24, 2.45) is 0 Å². The summed E-state index contributed by atoms with van der Waals surface area (Å²) in [7, 11) is 0. The highest BCUT2D eigenvalue weighted by molar-refractivity contribution is 5.44. The molecule has 0 bridgehead atoms. The number of benzene rings is 1. The quantitative estimate of drug-likeness (QED) is 0.657. The molecule has 0 radical (unpaired) electrons. The van der Waals surface area contributed by atoms with Crippen LogP contribution in [0.3, 0.4) is 0 Å². The van der Waals surface area contributed by atoms with Crippen LogP contribution in [0.5, 0.6) is 5.75 Å². The number of anilines is 1. The van der Waals surface area contributed by atoms with Gasteiger partial charge in [-0.3, -0.25) is 4.90 Å². The first kappa shape index (κ1) is 18.4. The zero-order valence-electron chi connectivity index (χ0n) is 16.5. The van der Waals surface area contributed by atoms with Crippen LogP contribution >= 0.6 is 0 Å². The van der Waals surface area contributed by atoms with Gasteiger partial charge in [-0.15, -0.1) is 0 Å². The summed E-state index contributed by atoms with van der Waals surface area (Å²) < 4.78 is 7.69. The number of hydrogen-bond acceptors (Lipinski definition) is 6. The number of piperazine rings is 1. The van der Waals surface area contributed by atoms with Gasteiger partial charge in [0.2, 0.25) is 0 Å². The maximum absolute atomic E-state index is 5.81. The van der Waals surface area contributed by atoms with E-state index in [0.717, 1.165) is 61.5 Å². The van der Waals surface area contributed by atoms with Gasteiger partial charge in [0.15, 0.2) is 5.82 Å². The van der Waals surface area contributed by atoms with E-state index < -0.39 is 0 Å². The van der Waals surface area contributed by atoms with Crippen molar-refractivity contribution in [2.45, 2.75) is 13.8 Å². The summed E-state index contributed by atoms with van der Waals surface area (Å²) in [5, 5.41) is 4.52. The van der Waals surface area contributed by atoms with Crippen LogP contribution in [0.15, 0.2) is 48.8 Å². The fourth-order valence-electron chi connectivity index (χ4n) is 3.50. The molecule has 28 heavy (non-hydrogen) atoms. The van der Waals surface area contributed by atoms with Gasteiger partial charge in [0.25, 0.3) is 0 Å². The first-order valence-corrected chi connectivity index (χ1v) is 9.70. The Bertz CT molecular complexity index is 902. The molecule has 0 N–H and O–H groups in total. The van der Waals surface area contributed by atoms with Crippen LogP contribution in [0.2, 0.25) is 0 Å². The number of rotatable bonds is 6. The Labute approximate surface area is 165 Å². The van der Waals surface area contributed by atoms with E-state index in [9.17, 15) is 0 Å². The minimum Gasteiger partial charge on any atom is -0.492 e. The van der Waals surface area contributed by atoms with Crippen LogP contribution in [-0.4, -0.2) is 64.0 Å². The van der Waals surface area contributed by atoms with Crippen molar-refractivity contribution in [2.75, 3.05) is 44.2 Å². The highest BCUT2D eigenvalue weighted by Gasteiger charge is 2.19. The Morgan fingerprint density at radius 1 is 0.929 bits per heavy atom. The number of aryl methyl sites for hydroxylation is 2. The molecule has 1 saturated heterocycles. The van der Waals surface area contributed by atoms with Crippen molar-refractivity contribution in [1.29, 1.82) is 0 Å². The van der Waals surface area contributed by atoms with Gasteiger partial charge >= 0.3 is 0 Å². The molecule has 0 amide bonds. The summed E-state index contributed by atoms with van der Waals surface area (Å²) in [5.74, 6) is 2.70. The number of nitrogens with zero attached hydrogens (tertiary/aromatic N) is 6. The van der Waals surface area contributed by atoms with E-state index >= 15 is 0 Å². The average Bonchev–Trinajstić information content (AvgIpc) is 3.07. The van der Waals surface area contributed by atoms with Crippen LogP contribution in [0.4, 0.5) is 5.82 Å². The van der Waals surface area contributed by atoms with E-state index in [1.807, 2.05) is 54.9 Å². The van der Waals surface area contributed by atoms with E-state index in [-0.39, 0.29) is 0 Å². The van der Waals surface area contributed by atoms with Crippen molar-refractivity contribution >= 4 is 5.82 Å². The fraction of sp³-hybridized carbons (Fsp3) is 0.381. The summed E-state index contributed by atoms with van der Waals surface area (Å²) in [4.78, 5) is 13.6. The molecule has 3 heterocycles. The van der Waals surface area contributed by atoms with E-state index in [0.29, 0.717) is 6.61 Å². The van der Waals surface area contributed by atoms with Crippen LogP contribution in [0.25, 0.3) is 5.82 Å². The Morgan fingerprint density at radius 2 is 1.68 bits per heavy atom. The lowest BCUT2D eigenvalue weighted by atomic mass is 10.3. The highest BCUT2D eigenvalue weighted by Crippen LogP contribution is 2.17. The molecule has 0 atom stereocenters. The van der Waals surface area contributed by atoms with Crippen molar-refractivity contribution in [3.63, 3.8) is 0 Å². The molecule has 2 aromatic heterocycles. The first-order valence-electron chi connectivity index (χ1n) is 9.70. The summed E-state index contributed by atoms with van der Waals surface area (Å²) in [6, 6.07) is 14.1. The Morgan fingerprint density at radius 3 is 2.39 bits per heavy atom. The molecule has 3 aromatic rings. The normalized spacial score (nSPS) is 15.0. The lowest BCUT2D eigenvalue weighted by Gasteiger charge is -2.35. The third-order valence-corrected chi connectivity index (χ3v) is 4.98. The number of ether oxygens (including phenoxy) is 1. The van der Waals surface area contributed by atoms with E-state index in [1.165, 1.54) is 0 Å². The Balaban J connectivity index is 1.31. The van der Waals surface area contributed by atoms with Crippen LogP contribution in [0.1, 0.15) is 11.4 Å². The molecule has 0 spiro atoms. The standard InChI is InChI=1S/C21H26N6O/c1-17-14-18(2)27(24-17)21-15-20(22-16-23-21)26-10-8-25(9-11-26)12-13-28-19-6-4-3-5-7-19/h3-7,14-16H,8-13H2,1-2H3. The third-order valence-electron chi connectivity index (χ3n) is 4.98. The predicted molar refractivity (Wildman–Crippen MR) is 109 cm³/mol. The van der Waals surface area contributed by atoms with Crippen LogP contribution < -0.4 is 9.64 Å². The van der Waals surface area contributed by atoms with Gasteiger partial charge in [-0.2, -0.15) is 5.10 Å². The second-order valence-corrected chi connectivity index (χ2v) is 7.06. The Hall–Kier alpha value is -2.93. The van der Waals surface area contributed by atoms with Gasteiger partial charge in [-0.05, 0) is 32.0 Å². The molecule has 146 valence electrons. The van der Waals surface area contributed by atoms with Gasteiger partial charge in [-0.25, -0.2) is 14.6 Å². The van der Waals surface area contributed by atoms with Gasteiger partial charge in [0.05, 0.1) is 5.69 Å². The zero-order chi connectivity index (χ0) is 19.3. The monoisotopic (exact) mass is 378 g/mol. The van der Waals surface area contributed by atoms with E-state index in [2.05, 4.69) is 30.9 Å². The summed E-state index contributed by atoms with van der Waals surface area (Å²) >= 11 is 0. The Kier molecular flexibility index (Phi) is 5.53. The van der Waals surface area contributed by atoms with Gasteiger partial charge in [-0.1, -0.05) is 18.2 Å². The SMILES string of the molecule is Cc1cc(C)n(-c2cc(N3CCN(CCOc4ccccc4)CC3)ncn2)n1. The molecular formula is C21H26N6O. The van der Waals surface area contributed by atoms with Crippen LogP contribution in [0, 0.1) is 13.8 Å². The van der Waals surface area contributed by atoms with Crippen molar-refractivity contribution < 1.29 is 4.74 Å². The first-order chi connectivity index (χ1) is 13.7. The van der Waals surface area contributed by atoms with Gasteiger partial charge in [0, 0.05) is 44.5 Å². The smallest absolute Gasteiger partial charge is 0.159 e. The van der Waals surface area contributed by atoms with Gasteiger partial charge < -0.3 is 9.64 Å². The molecule has 1 aliphatic heterocycles. The topological polar surface area (TPSA) is 59.3 Å². The van der Waals surface area contributed by atoms with Crippen molar-refractivity contribution in [3.05, 3.63) is 60.2 Å². The third kappa shape index (κ3) is 4.31. The predicted octanol–water partition coefficient (Wildman–Crippen LogP) is 2.48. The van der Waals surface area contributed by atoms with E-state index in [4.69, 9.17) is 4.74 Å². The second-order valence-electron chi connectivity index (χ2n) is 7.06. The van der Waals surface area contributed by atoms with E-state index in [1.54, 1.807) is 6.33 Å². The average molecular weight is 378 g/mol. The van der Waals surface area contributed by atoms with Crippen LogP contribution in [-0.2, 0) is 0 Å². The summed E-state index contributed by atoms with van der Waals surface area (Å²) in [5.41, 5.74) is 2.06. The maximum Gasteiger partial charge on any atom is 0.159 e. The highest BCUT2D eigenvalue weighted by atomic mass is 16.5. The molecule has 0 aliphatic carbocycles. The largest absolute Gasteiger partial charge is 0.492 e. The molecule has 1 aromatic carbocycles. The lowest BCUT2D eigenvalue weighted by molar-refractivity contribution is 0.200. The fourth-order valence-corrected chi connectivity index (χ4v) is 3.50. The lowest BCUT2D eigenvalue weighted by Crippen LogP contribution is -2.47. The second kappa shape index (κ2) is 8.39. The number of aromatic nitrogens is 4. The summed E-state index contributed by atoms with van der Waals surface area (Å²) in [6.07, 6.45) is 1.63. The maximum atomic E-state index is 5.81. The van der Waals surface area contributed by atoms with Crippen molar-refractivity contribution in [3.8, 4) is 11.6 Å². The van der Waals surface area contributed by atoms with Gasteiger partial charge in [0.1, 0.15) is 24.5 Å². The minimum atomic E-state index is 0.708. The van der Waals surface area contributed by atoms with Crippen molar-refractivity contribution in [1.82, 2.24) is 24.6 Å².